The topological polar surface area (TPSA) is 115 Å². The van der Waals surface area contributed by atoms with E-state index < -0.39 is 11.9 Å². The average molecular weight is 420 g/mol. The SMILES string of the molecule is C=C(C)C(=O)O.C=C(C)C(=O)O.OCC(CO)C(Br)Br. The predicted octanol–water partition coefficient (Wildman–Crippen LogP) is 2.00. The van der Waals surface area contributed by atoms with Crippen molar-refractivity contribution in [2.24, 2.45) is 5.92 Å². The molecule has 0 rings (SSSR count). The van der Waals surface area contributed by atoms with Crippen molar-refractivity contribution in [3.05, 3.63) is 24.3 Å². The molecule has 0 aliphatic rings. The second kappa shape index (κ2) is 14.7. The molecule has 0 amide bonds. The molecule has 0 spiro atoms. The van der Waals surface area contributed by atoms with E-state index in [1.807, 2.05) is 0 Å². The summed E-state index contributed by atoms with van der Waals surface area (Å²) in [6.07, 6.45) is 0. The van der Waals surface area contributed by atoms with Crippen molar-refractivity contribution in [3.8, 4) is 0 Å². The van der Waals surface area contributed by atoms with E-state index in [1.165, 1.54) is 13.8 Å². The van der Waals surface area contributed by atoms with E-state index in [9.17, 15) is 9.59 Å². The van der Waals surface area contributed by atoms with Crippen LogP contribution in [0.15, 0.2) is 24.3 Å². The van der Waals surface area contributed by atoms with Crippen molar-refractivity contribution < 1.29 is 30.0 Å². The first-order valence-electron chi connectivity index (χ1n) is 5.28. The lowest BCUT2D eigenvalue weighted by atomic mass is 10.2. The number of aliphatic carboxylic acids is 2. The van der Waals surface area contributed by atoms with Crippen molar-refractivity contribution >= 4 is 43.8 Å². The van der Waals surface area contributed by atoms with E-state index in [0.29, 0.717) is 0 Å². The molecule has 0 atom stereocenters. The lowest BCUT2D eigenvalue weighted by molar-refractivity contribution is -0.133. The highest BCUT2D eigenvalue weighted by Crippen LogP contribution is 2.17. The molecule has 4 N–H and O–H groups in total. The Morgan fingerprint density at radius 1 is 0.950 bits per heavy atom. The van der Waals surface area contributed by atoms with Crippen LogP contribution in [0.1, 0.15) is 13.8 Å². The molecular formula is C12H20Br2O6. The highest BCUT2D eigenvalue weighted by Gasteiger charge is 2.12. The van der Waals surface area contributed by atoms with Crippen molar-refractivity contribution in [3.63, 3.8) is 0 Å². The van der Waals surface area contributed by atoms with Gasteiger partial charge in [0.2, 0.25) is 0 Å². The lowest BCUT2D eigenvalue weighted by Gasteiger charge is -2.10. The van der Waals surface area contributed by atoms with Gasteiger partial charge in [0.25, 0.3) is 0 Å². The molecule has 0 aromatic rings. The largest absolute Gasteiger partial charge is 0.478 e. The number of alkyl halides is 2. The van der Waals surface area contributed by atoms with Crippen LogP contribution in [0.5, 0.6) is 0 Å². The Morgan fingerprint density at radius 3 is 1.15 bits per heavy atom. The zero-order valence-electron chi connectivity index (χ0n) is 11.3. The van der Waals surface area contributed by atoms with Crippen LogP contribution in [-0.4, -0.2) is 49.3 Å². The second-order valence-electron chi connectivity index (χ2n) is 3.63. The minimum atomic E-state index is -0.935. The molecule has 0 bridgehead atoms. The third-order valence-corrected chi connectivity index (χ3v) is 3.05. The van der Waals surface area contributed by atoms with Crippen LogP contribution < -0.4 is 0 Å². The van der Waals surface area contributed by atoms with Gasteiger partial charge in [-0.1, -0.05) is 45.0 Å². The van der Waals surface area contributed by atoms with E-state index in [0.717, 1.165) is 0 Å². The first kappa shape index (κ1) is 24.3. The minimum Gasteiger partial charge on any atom is -0.478 e. The lowest BCUT2D eigenvalue weighted by Crippen LogP contribution is -2.17. The highest BCUT2D eigenvalue weighted by molar-refractivity contribution is 9.24. The van der Waals surface area contributed by atoms with Crippen LogP contribution >= 0.6 is 31.9 Å². The molecule has 0 saturated heterocycles. The molecule has 118 valence electrons. The molecule has 0 fully saturated rings. The fourth-order valence-electron chi connectivity index (χ4n) is 0.217. The van der Waals surface area contributed by atoms with E-state index in [2.05, 4.69) is 45.0 Å². The summed E-state index contributed by atoms with van der Waals surface area (Å²) in [7, 11) is 0. The Morgan fingerprint density at radius 2 is 1.15 bits per heavy atom. The van der Waals surface area contributed by atoms with Crippen molar-refractivity contribution in [2.45, 2.75) is 17.6 Å². The monoisotopic (exact) mass is 418 g/mol. The molecule has 20 heavy (non-hydrogen) atoms. The maximum Gasteiger partial charge on any atom is 0.330 e. The maximum absolute atomic E-state index is 9.60. The molecule has 0 saturated carbocycles. The number of carboxylic acid groups (broad SMARTS) is 2. The van der Waals surface area contributed by atoms with E-state index in [-0.39, 0.29) is 34.0 Å². The molecule has 0 aliphatic carbocycles. The summed E-state index contributed by atoms with van der Waals surface area (Å²) >= 11 is 6.32. The quantitative estimate of drug-likeness (QED) is 0.400. The van der Waals surface area contributed by atoms with Crippen LogP contribution in [0, 0.1) is 5.92 Å². The van der Waals surface area contributed by atoms with Crippen molar-refractivity contribution in [2.75, 3.05) is 13.2 Å². The summed E-state index contributed by atoms with van der Waals surface area (Å²) in [5.74, 6) is -1.97. The number of aliphatic hydroxyl groups is 2. The van der Waals surface area contributed by atoms with Gasteiger partial charge in [0, 0.05) is 30.3 Å². The number of rotatable bonds is 5. The number of hydrogen-bond donors (Lipinski definition) is 4. The fraction of sp³-hybridized carbons (Fsp3) is 0.500. The first-order valence-corrected chi connectivity index (χ1v) is 7.11. The minimum absolute atomic E-state index is 0.00231. The standard InChI is InChI=1S/C4H8Br2O2.2C4H6O2/c5-4(6)3(1-7)2-8;2*1-3(2)4(5)6/h3-4,7-8H,1-2H2;2*1H2,2H3,(H,5,6). The molecule has 0 radical (unpaired) electrons. The van der Waals surface area contributed by atoms with Crippen LogP contribution in [0.2, 0.25) is 0 Å². The zero-order valence-corrected chi connectivity index (χ0v) is 14.5. The summed E-state index contributed by atoms with van der Waals surface area (Å²) in [5.41, 5.74) is 0.352. The van der Waals surface area contributed by atoms with Gasteiger partial charge in [-0.3, -0.25) is 0 Å². The molecule has 8 heteroatoms. The van der Waals surface area contributed by atoms with Gasteiger partial charge in [-0.2, -0.15) is 0 Å². The Hall–Kier alpha value is -0.700. The molecular weight excluding hydrogens is 400 g/mol. The fourth-order valence-corrected chi connectivity index (χ4v) is 0.886. The van der Waals surface area contributed by atoms with Gasteiger partial charge in [-0.25, -0.2) is 9.59 Å². The third kappa shape index (κ3) is 19.6. The maximum atomic E-state index is 9.60. The first-order chi connectivity index (χ1) is 9.00. The zero-order chi connectivity index (χ0) is 16.9. The van der Waals surface area contributed by atoms with Crippen molar-refractivity contribution in [1.29, 1.82) is 0 Å². The highest BCUT2D eigenvalue weighted by atomic mass is 79.9. The summed E-state index contributed by atoms with van der Waals surface area (Å²) in [6.45, 7) is 9.20. The Labute approximate surface area is 135 Å². The molecule has 6 nitrogen and oxygen atoms in total. The third-order valence-electron chi connectivity index (χ3n) is 1.56. The van der Waals surface area contributed by atoms with Crippen LogP contribution in [0.3, 0.4) is 0 Å². The van der Waals surface area contributed by atoms with Crippen molar-refractivity contribution in [1.82, 2.24) is 0 Å². The number of hydrogen-bond acceptors (Lipinski definition) is 4. The number of halogens is 2. The van der Waals surface area contributed by atoms with Crippen LogP contribution in [0.4, 0.5) is 0 Å². The van der Waals surface area contributed by atoms with Gasteiger partial charge >= 0.3 is 11.9 Å². The van der Waals surface area contributed by atoms with E-state index in [4.69, 9.17) is 20.4 Å². The Balaban J connectivity index is -0.000000221. The van der Waals surface area contributed by atoms with Gasteiger partial charge in [0.15, 0.2) is 0 Å². The summed E-state index contributed by atoms with van der Waals surface area (Å²) < 4.78 is 0.00463. The normalized spacial score (nSPS) is 9.00. The van der Waals surface area contributed by atoms with E-state index in [1.54, 1.807) is 0 Å². The predicted molar refractivity (Wildman–Crippen MR) is 84.2 cm³/mol. The number of aliphatic hydroxyl groups excluding tert-OH is 2. The van der Waals surface area contributed by atoms with Gasteiger partial charge in [0.1, 0.15) is 0 Å². The van der Waals surface area contributed by atoms with E-state index >= 15 is 0 Å². The molecule has 0 unspecified atom stereocenters. The summed E-state index contributed by atoms with van der Waals surface area (Å²) in [4.78, 5) is 19.2. The smallest absolute Gasteiger partial charge is 0.330 e. The van der Waals surface area contributed by atoms with Gasteiger partial charge in [-0.15, -0.1) is 0 Å². The molecule has 0 aromatic heterocycles. The average Bonchev–Trinajstić information content (AvgIpc) is 2.31. The summed E-state index contributed by atoms with van der Waals surface area (Å²) in [5, 5.41) is 32.7. The molecule has 0 aromatic carbocycles. The number of carbonyl (C=O) groups is 2. The van der Waals surface area contributed by atoms with Gasteiger partial charge in [-0.05, 0) is 13.8 Å². The van der Waals surface area contributed by atoms with Crippen LogP contribution in [-0.2, 0) is 9.59 Å². The molecule has 0 aliphatic heterocycles. The molecule has 0 heterocycles. The summed E-state index contributed by atoms with van der Waals surface area (Å²) in [6, 6.07) is 0. The van der Waals surface area contributed by atoms with Gasteiger partial charge < -0.3 is 20.4 Å². The van der Waals surface area contributed by atoms with Crippen LogP contribution in [0.25, 0.3) is 0 Å². The number of carboxylic acids is 2. The van der Waals surface area contributed by atoms with Gasteiger partial charge in [0.05, 0.1) is 3.74 Å². The second-order valence-corrected chi connectivity index (χ2v) is 6.83. The Kier molecular flexibility index (Phi) is 17.9. The Bertz CT molecular complexity index is 276.